The predicted octanol–water partition coefficient (Wildman–Crippen LogP) is 2.40. The van der Waals surface area contributed by atoms with E-state index in [0.29, 0.717) is 11.4 Å². The Balaban J connectivity index is 2.27. The molecule has 2 N–H and O–H groups in total. The van der Waals surface area contributed by atoms with Crippen molar-refractivity contribution in [1.82, 2.24) is 5.32 Å². The maximum Gasteiger partial charge on any atom is 0.265 e. The first-order valence-corrected chi connectivity index (χ1v) is 9.22. The molecule has 0 spiro atoms. The molecule has 2 rings (SSSR count). The summed E-state index contributed by atoms with van der Waals surface area (Å²) in [5, 5.41) is 2.55. The molecule has 2 aromatic carbocycles. The second-order valence-electron chi connectivity index (χ2n) is 5.74. The van der Waals surface area contributed by atoms with Crippen LogP contribution in [0, 0.1) is 13.8 Å². The van der Waals surface area contributed by atoms with Crippen LogP contribution in [0.15, 0.2) is 41.3 Å². The third-order valence-electron chi connectivity index (χ3n) is 3.92. The van der Waals surface area contributed by atoms with Crippen LogP contribution in [0.4, 0.5) is 5.69 Å². The monoisotopic (exact) mass is 362 g/mol. The molecule has 6 nitrogen and oxygen atoms in total. The molecule has 0 atom stereocenters. The number of benzene rings is 2. The van der Waals surface area contributed by atoms with Gasteiger partial charge in [-0.1, -0.05) is 12.1 Å². The zero-order chi connectivity index (χ0) is 18.6. The molecule has 7 heteroatoms. The number of rotatable bonds is 6. The molecule has 1 amide bonds. The number of hydrogen-bond acceptors (Lipinski definition) is 4. The smallest absolute Gasteiger partial charge is 0.265 e. The van der Waals surface area contributed by atoms with Gasteiger partial charge >= 0.3 is 0 Å². The van der Waals surface area contributed by atoms with Gasteiger partial charge in [-0.2, -0.15) is 0 Å². The number of carbonyl (C=O) groups excluding carboxylic acids is 1. The molecule has 0 saturated carbocycles. The molecule has 0 heterocycles. The van der Waals surface area contributed by atoms with E-state index in [9.17, 15) is 13.2 Å². The maximum atomic E-state index is 12.7. The predicted molar refractivity (Wildman–Crippen MR) is 97.5 cm³/mol. The molecule has 2 aromatic rings. The molecule has 0 aliphatic rings. The molecule has 0 aliphatic heterocycles. The van der Waals surface area contributed by atoms with Crippen molar-refractivity contribution in [2.75, 3.05) is 18.9 Å². The van der Waals surface area contributed by atoms with Gasteiger partial charge in [0.1, 0.15) is 10.6 Å². The topological polar surface area (TPSA) is 84.5 Å². The van der Waals surface area contributed by atoms with Crippen molar-refractivity contribution in [2.45, 2.75) is 25.2 Å². The molecule has 0 aromatic heterocycles. The molecular formula is C18H22N2O4S. The van der Waals surface area contributed by atoms with Crippen LogP contribution in [0.2, 0.25) is 0 Å². The first-order chi connectivity index (χ1) is 11.8. The normalized spacial score (nSPS) is 11.0. The highest BCUT2D eigenvalue weighted by molar-refractivity contribution is 7.92. The lowest BCUT2D eigenvalue weighted by molar-refractivity contribution is -0.119. The number of nitrogens with one attached hydrogen (secondary N) is 2. The van der Waals surface area contributed by atoms with E-state index in [1.54, 1.807) is 43.4 Å². The fourth-order valence-electron chi connectivity index (χ4n) is 2.31. The van der Waals surface area contributed by atoms with Gasteiger partial charge in [0.2, 0.25) is 5.91 Å². The van der Waals surface area contributed by atoms with Crippen molar-refractivity contribution in [1.29, 1.82) is 0 Å². The third-order valence-corrected chi connectivity index (χ3v) is 5.32. The van der Waals surface area contributed by atoms with E-state index in [2.05, 4.69) is 10.0 Å². The van der Waals surface area contributed by atoms with Crippen molar-refractivity contribution in [3.8, 4) is 5.75 Å². The van der Waals surface area contributed by atoms with E-state index in [4.69, 9.17) is 4.74 Å². The average Bonchev–Trinajstić information content (AvgIpc) is 2.58. The maximum absolute atomic E-state index is 12.7. The second-order valence-corrected chi connectivity index (χ2v) is 7.39. The minimum Gasteiger partial charge on any atom is -0.495 e. The molecule has 134 valence electrons. The zero-order valence-electron chi connectivity index (χ0n) is 14.7. The first kappa shape index (κ1) is 18.8. The van der Waals surface area contributed by atoms with Crippen LogP contribution >= 0.6 is 0 Å². The van der Waals surface area contributed by atoms with Crippen LogP contribution in [0.3, 0.4) is 0 Å². The number of carbonyl (C=O) groups is 1. The summed E-state index contributed by atoms with van der Waals surface area (Å²) >= 11 is 0. The molecule has 0 fully saturated rings. The molecule has 0 saturated heterocycles. The number of amides is 1. The van der Waals surface area contributed by atoms with Gasteiger partial charge in [0.05, 0.1) is 13.5 Å². The molecule has 0 bridgehead atoms. The fourth-order valence-corrected chi connectivity index (χ4v) is 3.60. The summed E-state index contributed by atoms with van der Waals surface area (Å²) in [7, 11) is -0.778. The van der Waals surface area contributed by atoms with Gasteiger partial charge in [0.25, 0.3) is 10.0 Å². The van der Waals surface area contributed by atoms with E-state index >= 15 is 0 Å². The van der Waals surface area contributed by atoms with Crippen LogP contribution in [0.5, 0.6) is 5.75 Å². The number of aryl methyl sites for hydroxylation is 2. The van der Waals surface area contributed by atoms with E-state index in [0.717, 1.165) is 16.7 Å². The number of ether oxygens (including phenoxy) is 1. The Kier molecular flexibility index (Phi) is 5.69. The Morgan fingerprint density at radius 1 is 1.08 bits per heavy atom. The second kappa shape index (κ2) is 7.57. The number of sulfonamides is 1. The summed E-state index contributed by atoms with van der Waals surface area (Å²) in [5.74, 6) is 0.194. The zero-order valence-corrected chi connectivity index (χ0v) is 15.5. The van der Waals surface area contributed by atoms with E-state index in [-0.39, 0.29) is 17.2 Å². The van der Waals surface area contributed by atoms with Crippen LogP contribution in [0.1, 0.15) is 16.7 Å². The van der Waals surface area contributed by atoms with Gasteiger partial charge in [-0.3, -0.25) is 9.52 Å². The van der Waals surface area contributed by atoms with Crippen LogP contribution in [-0.4, -0.2) is 28.5 Å². The Morgan fingerprint density at radius 3 is 2.24 bits per heavy atom. The van der Waals surface area contributed by atoms with Gasteiger partial charge in [0.15, 0.2) is 0 Å². The minimum atomic E-state index is -3.79. The van der Waals surface area contributed by atoms with Gasteiger partial charge < -0.3 is 10.1 Å². The molecule has 0 unspecified atom stereocenters. The Bertz CT molecular complexity index is 875. The van der Waals surface area contributed by atoms with Gasteiger partial charge in [0, 0.05) is 12.7 Å². The largest absolute Gasteiger partial charge is 0.495 e. The highest BCUT2D eigenvalue weighted by Gasteiger charge is 2.21. The number of anilines is 1. The molecule has 0 aliphatic carbocycles. The van der Waals surface area contributed by atoms with E-state index < -0.39 is 10.0 Å². The summed E-state index contributed by atoms with van der Waals surface area (Å²) < 4.78 is 33.2. The summed E-state index contributed by atoms with van der Waals surface area (Å²) in [4.78, 5) is 11.5. The summed E-state index contributed by atoms with van der Waals surface area (Å²) in [5.41, 5.74) is 3.03. The van der Waals surface area contributed by atoms with Gasteiger partial charge in [-0.25, -0.2) is 8.42 Å². The molecular weight excluding hydrogens is 340 g/mol. The lowest BCUT2D eigenvalue weighted by Crippen LogP contribution is -2.20. The lowest BCUT2D eigenvalue weighted by atomic mass is 10.1. The molecule has 0 radical (unpaired) electrons. The van der Waals surface area contributed by atoms with Crippen molar-refractivity contribution in [3.05, 3.63) is 53.1 Å². The Labute approximate surface area is 148 Å². The van der Waals surface area contributed by atoms with Gasteiger partial charge in [-0.05, 0) is 54.8 Å². The minimum absolute atomic E-state index is 0.0903. The lowest BCUT2D eigenvalue weighted by Gasteiger charge is -2.14. The van der Waals surface area contributed by atoms with Crippen molar-refractivity contribution >= 4 is 21.6 Å². The molecule has 25 heavy (non-hydrogen) atoms. The van der Waals surface area contributed by atoms with Gasteiger partial charge in [-0.15, -0.1) is 0 Å². The van der Waals surface area contributed by atoms with Crippen LogP contribution < -0.4 is 14.8 Å². The summed E-state index contributed by atoms with van der Waals surface area (Å²) in [6.07, 6.45) is 0.245. The quantitative estimate of drug-likeness (QED) is 0.826. The number of hydrogen-bond donors (Lipinski definition) is 2. The summed E-state index contributed by atoms with van der Waals surface area (Å²) in [6, 6.07) is 9.98. The highest BCUT2D eigenvalue weighted by atomic mass is 32.2. The van der Waals surface area contributed by atoms with Crippen LogP contribution in [0.25, 0.3) is 0 Å². The third kappa shape index (κ3) is 4.51. The SMILES string of the molecule is CNC(=O)Cc1ccc(NS(=O)(=O)c2cc(C)c(C)cc2OC)cc1. The first-order valence-electron chi connectivity index (χ1n) is 7.74. The van der Waals surface area contributed by atoms with E-state index in [1.807, 2.05) is 13.8 Å². The highest BCUT2D eigenvalue weighted by Crippen LogP contribution is 2.29. The summed E-state index contributed by atoms with van der Waals surface area (Å²) in [6.45, 7) is 3.74. The van der Waals surface area contributed by atoms with Crippen molar-refractivity contribution < 1.29 is 17.9 Å². The Morgan fingerprint density at radius 2 is 1.68 bits per heavy atom. The fraction of sp³-hybridized carbons (Fsp3) is 0.278. The average molecular weight is 362 g/mol. The number of methoxy groups -OCH3 is 1. The van der Waals surface area contributed by atoms with E-state index in [1.165, 1.54) is 7.11 Å². The standard InChI is InChI=1S/C18H22N2O4S/c1-12-9-16(24-4)17(10-13(12)2)25(22,23)20-15-7-5-14(6-8-15)11-18(21)19-3/h5-10,20H,11H2,1-4H3,(H,19,21). The van der Waals surface area contributed by atoms with Crippen molar-refractivity contribution in [3.63, 3.8) is 0 Å². The number of likely N-dealkylation sites (N-methyl/N-ethyl adjacent to an activating group) is 1. The van der Waals surface area contributed by atoms with Crippen molar-refractivity contribution in [2.24, 2.45) is 0 Å². The Hall–Kier alpha value is -2.54. The van der Waals surface area contributed by atoms with Crippen LogP contribution in [-0.2, 0) is 21.2 Å².